The summed E-state index contributed by atoms with van der Waals surface area (Å²) in [5, 5.41) is 20.8. The van der Waals surface area contributed by atoms with Gasteiger partial charge in [0.05, 0.1) is 6.04 Å². The highest BCUT2D eigenvalue weighted by molar-refractivity contribution is 7.13. The summed E-state index contributed by atoms with van der Waals surface area (Å²) in [7, 11) is 0. The van der Waals surface area contributed by atoms with Crippen molar-refractivity contribution in [1.82, 2.24) is 15.1 Å². The maximum absolute atomic E-state index is 8.78. The van der Waals surface area contributed by atoms with Crippen molar-refractivity contribution in [2.45, 2.75) is 19.4 Å². The van der Waals surface area contributed by atoms with E-state index in [0.29, 0.717) is 5.84 Å². The fourth-order valence-corrected chi connectivity index (χ4v) is 2.87. The van der Waals surface area contributed by atoms with Crippen molar-refractivity contribution in [1.29, 1.82) is 0 Å². The molecule has 100 valence electrons. The predicted octanol–water partition coefficient (Wildman–Crippen LogP) is 0.185. The van der Waals surface area contributed by atoms with Crippen LogP contribution in [0.3, 0.4) is 0 Å². The topological polar surface area (TPSA) is 90.9 Å². The molecule has 0 amide bonds. The molecule has 18 heavy (non-hydrogen) atoms. The lowest BCUT2D eigenvalue weighted by molar-refractivity contribution is 0.216. The van der Waals surface area contributed by atoms with Gasteiger partial charge in [-0.1, -0.05) is 23.4 Å². The van der Waals surface area contributed by atoms with Gasteiger partial charge < -0.3 is 15.8 Å². The van der Waals surface area contributed by atoms with Crippen LogP contribution in [0.25, 0.3) is 0 Å². The second-order valence-corrected chi connectivity index (χ2v) is 5.00. The van der Waals surface area contributed by atoms with E-state index < -0.39 is 0 Å². The summed E-state index contributed by atoms with van der Waals surface area (Å²) < 4.78 is 0. The van der Waals surface area contributed by atoms with Crippen LogP contribution in [-0.2, 0) is 0 Å². The normalized spacial score (nSPS) is 20.1. The van der Waals surface area contributed by atoms with E-state index in [4.69, 9.17) is 10.9 Å². The van der Waals surface area contributed by atoms with Crippen LogP contribution in [0, 0.1) is 0 Å². The van der Waals surface area contributed by atoms with Crippen LogP contribution in [0.1, 0.15) is 13.3 Å². The molecule has 0 radical (unpaired) electrons. The van der Waals surface area contributed by atoms with Crippen molar-refractivity contribution < 1.29 is 5.21 Å². The Bertz CT molecular complexity index is 387. The minimum atomic E-state index is 0.0200. The third kappa shape index (κ3) is 2.70. The Morgan fingerprint density at radius 1 is 1.56 bits per heavy atom. The van der Waals surface area contributed by atoms with Crippen LogP contribution in [0.5, 0.6) is 0 Å². The molecule has 0 spiro atoms. The quantitative estimate of drug-likeness (QED) is 0.351. The number of hydrogen-bond acceptors (Lipinski definition) is 7. The minimum Gasteiger partial charge on any atom is -0.409 e. The van der Waals surface area contributed by atoms with E-state index >= 15 is 0 Å². The van der Waals surface area contributed by atoms with E-state index in [2.05, 4.69) is 25.2 Å². The van der Waals surface area contributed by atoms with Gasteiger partial charge in [-0.25, -0.2) is 0 Å². The Labute approximate surface area is 110 Å². The van der Waals surface area contributed by atoms with Crippen molar-refractivity contribution in [3.63, 3.8) is 0 Å². The Balaban J connectivity index is 1.93. The molecule has 1 fully saturated rings. The van der Waals surface area contributed by atoms with Crippen molar-refractivity contribution >= 4 is 22.3 Å². The molecule has 1 aromatic rings. The molecule has 2 rings (SSSR count). The SMILES string of the molecule is CCC(C(N)=NO)N1CCN(c2nncs2)CC1. The highest BCUT2D eigenvalue weighted by Gasteiger charge is 2.26. The lowest BCUT2D eigenvalue weighted by Gasteiger charge is -2.38. The molecule has 0 aliphatic carbocycles. The van der Waals surface area contributed by atoms with E-state index in [1.807, 2.05) is 6.92 Å². The van der Waals surface area contributed by atoms with Gasteiger partial charge in [0.1, 0.15) is 5.51 Å². The van der Waals surface area contributed by atoms with Crippen LogP contribution < -0.4 is 10.6 Å². The first kappa shape index (κ1) is 13.0. The van der Waals surface area contributed by atoms with Crippen molar-refractivity contribution in [2.24, 2.45) is 10.9 Å². The molecule has 1 aromatic heterocycles. The zero-order valence-corrected chi connectivity index (χ0v) is 11.2. The average molecular weight is 270 g/mol. The molecule has 1 aliphatic heterocycles. The molecule has 3 N–H and O–H groups in total. The first-order valence-corrected chi connectivity index (χ1v) is 6.86. The van der Waals surface area contributed by atoms with E-state index in [9.17, 15) is 0 Å². The lowest BCUT2D eigenvalue weighted by Crippen LogP contribution is -2.54. The van der Waals surface area contributed by atoms with E-state index in [1.165, 1.54) is 0 Å². The fraction of sp³-hybridized carbons (Fsp3) is 0.700. The Morgan fingerprint density at radius 3 is 2.78 bits per heavy atom. The van der Waals surface area contributed by atoms with Gasteiger partial charge in [-0.05, 0) is 6.42 Å². The van der Waals surface area contributed by atoms with Crippen molar-refractivity contribution in [3.05, 3.63) is 5.51 Å². The molecule has 0 saturated carbocycles. The van der Waals surface area contributed by atoms with Crippen LogP contribution in [0.15, 0.2) is 10.7 Å². The number of anilines is 1. The maximum atomic E-state index is 8.78. The Hall–Kier alpha value is -1.41. The summed E-state index contributed by atoms with van der Waals surface area (Å²) >= 11 is 1.55. The molecule has 1 unspecified atom stereocenters. The zero-order chi connectivity index (χ0) is 13.0. The second-order valence-electron chi connectivity index (χ2n) is 4.19. The molecule has 8 heteroatoms. The number of nitrogens with two attached hydrogens (primary N) is 1. The van der Waals surface area contributed by atoms with Gasteiger partial charge in [0.15, 0.2) is 5.84 Å². The highest BCUT2D eigenvalue weighted by atomic mass is 32.1. The van der Waals surface area contributed by atoms with Gasteiger partial charge in [-0.2, -0.15) is 0 Å². The number of hydrogen-bond donors (Lipinski definition) is 2. The summed E-state index contributed by atoms with van der Waals surface area (Å²) in [5.41, 5.74) is 7.46. The number of nitrogens with zero attached hydrogens (tertiary/aromatic N) is 5. The first-order valence-electron chi connectivity index (χ1n) is 5.98. The molecule has 2 heterocycles. The van der Waals surface area contributed by atoms with Gasteiger partial charge in [-0.3, -0.25) is 4.90 Å². The number of piperazine rings is 1. The van der Waals surface area contributed by atoms with E-state index in [-0.39, 0.29) is 6.04 Å². The summed E-state index contributed by atoms with van der Waals surface area (Å²) in [4.78, 5) is 4.46. The first-order chi connectivity index (χ1) is 8.76. The molecule has 1 aliphatic rings. The van der Waals surface area contributed by atoms with Crippen molar-refractivity contribution in [2.75, 3.05) is 31.1 Å². The average Bonchev–Trinajstić information content (AvgIpc) is 2.94. The molecular formula is C10H18N6OS. The van der Waals surface area contributed by atoms with Gasteiger partial charge in [-0.15, -0.1) is 10.2 Å². The summed E-state index contributed by atoms with van der Waals surface area (Å²) in [5.74, 6) is 0.293. The molecule has 7 nitrogen and oxygen atoms in total. The van der Waals surface area contributed by atoms with Gasteiger partial charge in [0, 0.05) is 26.2 Å². The van der Waals surface area contributed by atoms with Crippen molar-refractivity contribution in [3.8, 4) is 0 Å². The van der Waals surface area contributed by atoms with E-state index in [0.717, 1.165) is 37.7 Å². The maximum Gasteiger partial charge on any atom is 0.208 e. The smallest absolute Gasteiger partial charge is 0.208 e. The van der Waals surface area contributed by atoms with Crippen LogP contribution >= 0.6 is 11.3 Å². The van der Waals surface area contributed by atoms with Crippen LogP contribution in [-0.4, -0.2) is 58.4 Å². The van der Waals surface area contributed by atoms with Gasteiger partial charge in [0.2, 0.25) is 5.13 Å². The Kier molecular flexibility index (Phi) is 4.32. The minimum absolute atomic E-state index is 0.0200. The molecule has 0 aromatic carbocycles. The summed E-state index contributed by atoms with van der Waals surface area (Å²) in [6, 6.07) is 0.0200. The van der Waals surface area contributed by atoms with E-state index in [1.54, 1.807) is 16.8 Å². The van der Waals surface area contributed by atoms with Gasteiger partial charge >= 0.3 is 0 Å². The Morgan fingerprint density at radius 2 is 2.28 bits per heavy atom. The molecule has 1 atom stereocenters. The second kappa shape index (κ2) is 5.96. The molecule has 0 bridgehead atoms. The number of rotatable bonds is 4. The number of aromatic nitrogens is 2. The fourth-order valence-electron chi connectivity index (χ4n) is 2.25. The standard InChI is InChI=1S/C10H18N6OS/c1-2-8(9(11)14-17)15-3-5-16(6-4-15)10-13-12-7-18-10/h7-8,17H,2-6H2,1H3,(H2,11,14). The van der Waals surface area contributed by atoms with Crippen LogP contribution in [0.4, 0.5) is 5.13 Å². The molecular weight excluding hydrogens is 252 g/mol. The van der Waals surface area contributed by atoms with Gasteiger partial charge in [0.25, 0.3) is 0 Å². The van der Waals surface area contributed by atoms with Crippen LogP contribution in [0.2, 0.25) is 0 Å². The third-order valence-corrected chi connectivity index (χ3v) is 3.97. The summed E-state index contributed by atoms with van der Waals surface area (Å²) in [6.45, 7) is 5.59. The lowest BCUT2D eigenvalue weighted by atomic mass is 10.1. The number of amidine groups is 1. The largest absolute Gasteiger partial charge is 0.409 e. The predicted molar refractivity (Wildman–Crippen MR) is 71.2 cm³/mol. The monoisotopic (exact) mass is 270 g/mol. The zero-order valence-electron chi connectivity index (χ0n) is 10.4. The number of oxime groups is 1. The summed E-state index contributed by atoms with van der Waals surface area (Å²) in [6.07, 6.45) is 0.842. The highest BCUT2D eigenvalue weighted by Crippen LogP contribution is 2.18. The molecule has 1 saturated heterocycles. The third-order valence-electron chi connectivity index (χ3n) is 3.22.